The van der Waals surface area contributed by atoms with Crippen LogP contribution in [0.5, 0.6) is 5.75 Å². The van der Waals surface area contributed by atoms with E-state index in [4.69, 9.17) is 36.8 Å². The molecule has 1 fully saturated rings. The number of aromatic nitrogens is 2. The number of H-pyrrole nitrogens is 1. The summed E-state index contributed by atoms with van der Waals surface area (Å²) >= 11 is 5.55. The van der Waals surface area contributed by atoms with Crippen molar-refractivity contribution in [1.82, 2.24) is 14.6 Å². The van der Waals surface area contributed by atoms with Crippen molar-refractivity contribution in [3.63, 3.8) is 0 Å². The predicted octanol–water partition coefficient (Wildman–Crippen LogP) is 1.86. The molecule has 1 aliphatic heterocycles. The van der Waals surface area contributed by atoms with E-state index in [9.17, 15) is 19.5 Å². The highest BCUT2D eigenvalue weighted by atomic mass is 32.5. The van der Waals surface area contributed by atoms with Gasteiger partial charge in [-0.2, -0.15) is 0 Å². The molecule has 1 aromatic carbocycles. The first-order valence-electron chi connectivity index (χ1n) is 10.9. The Morgan fingerprint density at radius 3 is 2.62 bits per heavy atom. The summed E-state index contributed by atoms with van der Waals surface area (Å²) in [6, 6.07) is 8.30. The first-order valence-corrected chi connectivity index (χ1v) is 13.6. The van der Waals surface area contributed by atoms with Gasteiger partial charge >= 0.3 is 18.3 Å². The van der Waals surface area contributed by atoms with Gasteiger partial charge in [0.05, 0.1) is 6.10 Å². The molecule has 11 nitrogen and oxygen atoms in total. The van der Waals surface area contributed by atoms with Gasteiger partial charge in [0.1, 0.15) is 18.1 Å². The van der Waals surface area contributed by atoms with Crippen molar-refractivity contribution in [2.45, 2.75) is 50.9 Å². The van der Waals surface area contributed by atoms with Gasteiger partial charge in [-0.1, -0.05) is 24.1 Å². The summed E-state index contributed by atoms with van der Waals surface area (Å²) in [5.41, 5.74) is -4.65. The molecule has 0 radical (unpaired) electrons. The molecule has 14 heteroatoms. The molecule has 3 rings (SSSR count). The number of para-hydroxylation sites is 1. The highest BCUT2D eigenvalue weighted by molar-refractivity contribution is 8.09. The molecule has 3 N–H and O–H groups in total. The Morgan fingerprint density at radius 2 is 2.03 bits per heavy atom. The van der Waals surface area contributed by atoms with E-state index in [1.54, 1.807) is 50.1 Å². The number of hydrogen-bond acceptors (Lipinski definition) is 9. The SMILES string of the molecule is C#C[C@@]1(F)[C@H](O)C(=COP(=S)(NC(C)C(=O)OC(C)C)Oc2ccccc2)O[C@H]1n1ccc(=O)[nH]c1=O. The molecule has 0 amide bonds. The second-order valence-electron chi connectivity index (χ2n) is 8.17. The molecular formula is C23H25FN3O8PS. The van der Waals surface area contributed by atoms with Crippen LogP contribution in [0.3, 0.4) is 0 Å². The maximum atomic E-state index is 15.6. The van der Waals surface area contributed by atoms with Crippen molar-refractivity contribution in [2.75, 3.05) is 0 Å². The van der Waals surface area contributed by atoms with Gasteiger partial charge in [-0.3, -0.25) is 19.1 Å². The summed E-state index contributed by atoms with van der Waals surface area (Å²) in [5.74, 6) is 0.970. The number of nitrogens with one attached hydrogen (secondary N) is 2. The fraction of sp³-hybridized carbons (Fsp3) is 0.348. The van der Waals surface area contributed by atoms with E-state index in [0.29, 0.717) is 10.3 Å². The van der Waals surface area contributed by atoms with Crippen molar-refractivity contribution in [2.24, 2.45) is 0 Å². The number of alkyl halides is 1. The zero-order valence-corrected chi connectivity index (χ0v) is 21.7. The van der Waals surface area contributed by atoms with Gasteiger partial charge in [-0.15, -0.1) is 6.42 Å². The number of hydrogen-bond donors (Lipinski definition) is 3. The van der Waals surface area contributed by atoms with Crippen LogP contribution >= 0.6 is 6.64 Å². The highest BCUT2D eigenvalue weighted by Crippen LogP contribution is 2.48. The number of esters is 1. The number of rotatable bonds is 9. The van der Waals surface area contributed by atoms with Crippen LogP contribution in [-0.2, 0) is 30.6 Å². The van der Waals surface area contributed by atoms with Gasteiger partial charge in [0, 0.05) is 24.1 Å². The number of terminal acetylenes is 1. The lowest BCUT2D eigenvalue weighted by atomic mass is 9.99. The summed E-state index contributed by atoms with van der Waals surface area (Å²) in [6.45, 7) is 1.24. The average Bonchev–Trinajstić information content (AvgIpc) is 3.08. The minimum atomic E-state index is -3.61. The number of halogens is 1. The summed E-state index contributed by atoms with van der Waals surface area (Å²) in [5, 5.41) is 13.4. The van der Waals surface area contributed by atoms with Crippen LogP contribution in [0.25, 0.3) is 0 Å². The fourth-order valence-electron chi connectivity index (χ4n) is 3.18. The number of ether oxygens (including phenoxy) is 2. The van der Waals surface area contributed by atoms with Crippen molar-refractivity contribution in [3.8, 4) is 18.1 Å². The molecule has 0 aliphatic carbocycles. The molecule has 0 saturated carbocycles. The van der Waals surface area contributed by atoms with Crippen LogP contribution in [-0.4, -0.2) is 44.5 Å². The Hall–Kier alpha value is -3.43. The Balaban J connectivity index is 1.92. The Bertz CT molecular complexity index is 1370. The molecule has 2 heterocycles. The van der Waals surface area contributed by atoms with Crippen molar-refractivity contribution >= 4 is 24.4 Å². The third-order valence-electron chi connectivity index (χ3n) is 4.93. The lowest BCUT2D eigenvalue weighted by Crippen LogP contribution is -2.43. The van der Waals surface area contributed by atoms with Gasteiger partial charge in [-0.25, -0.2) is 14.3 Å². The number of nitrogens with zero attached hydrogens (tertiary/aromatic N) is 1. The first kappa shape index (κ1) is 28.1. The van der Waals surface area contributed by atoms with Crippen LogP contribution in [0.2, 0.25) is 0 Å². The lowest BCUT2D eigenvalue weighted by molar-refractivity contribution is -0.149. The van der Waals surface area contributed by atoms with Gasteiger partial charge < -0.3 is 23.6 Å². The fourth-order valence-corrected chi connectivity index (χ4v) is 5.42. The summed E-state index contributed by atoms with van der Waals surface area (Å²) in [4.78, 5) is 37.9. The second-order valence-corrected chi connectivity index (χ2v) is 11.3. The largest absolute Gasteiger partial charge is 0.463 e. The van der Waals surface area contributed by atoms with Crippen LogP contribution in [0.1, 0.15) is 27.0 Å². The molecule has 2 unspecified atom stereocenters. The summed E-state index contributed by atoms with van der Waals surface area (Å²) < 4.78 is 38.4. The van der Waals surface area contributed by atoms with Crippen LogP contribution < -0.4 is 20.9 Å². The maximum absolute atomic E-state index is 15.6. The highest BCUT2D eigenvalue weighted by Gasteiger charge is 2.57. The molecule has 2 aromatic rings. The number of aromatic amines is 1. The molecule has 1 aliphatic rings. The van der Waals surface area contributed by atoms with Crippen molar-refractivity contribution in [3.05, 3.63) is 75.5 Å². The number of benzene rings is 1. The zero-order chi connectivity index (χ0) is 27.4. The van der Waals surface area contributed by atoms with E-state index in [2.05, 4.69) is 5.09 Å². The molecular weight excluding hydrogens is 528 g/mol. The maximum Gasteiger partial charge on any atom is 0.365 e. The Kier molecular flexibility index (Phi) is 8.60. The molecule has 1 saturated heterocycles. The Morgan fingerprint density at radius 1 is 1.35 bits per heavy atom. The smallest absolute Gasteiger partial charge is 0.365 e. The van der Waals surface area contributed by atoms with Crippen molar-refractivity contribution < 1.29 is 32.8 Å². The number of carbonyl (C=O) groups is 1. The standard InChI is InChI=1S/C23H25FN3O8PS/c1-5-23(24)19(29)17(34-21(23)27-12-11-18(28)25-22(27)31)13-32-36(37,35-16-9-7-6-8-10-16)26-15(4)20(30)33-14(2)3/h1,6-15,19,21,29H,2-4H3,(H,26,37)(H,25,28,31)/t15?,19-,21-,23-,36?/m1/s1. The van der Waals surface area contributed by atoms with E-state index in [1.807, 2.05) is 4.98 Å². The number of aliphatic hydroxyl groups is 1. The third kappa shape index (κ3) is 6.47. The quantitative estimate of drug-likeness (QED) is 0.182. The van der Waals surface area contributed by atoms with E-state index in [1.165, 1.54) is 6.92 Å². The first-order chi connectivity index (χ1) is 17.4. The normalized spacial score (nSPS) is 24.5. The minimum absolute atomic E-state index is 0.301. The van der Waals surface area contributed by atoms with E-state index < -0.39 is 53.7 Å². The topological polar surface area (TPSA) is 141 Å². The van der Waals surface area contributed by atoms with E-state index >= 15 is 4.39 Å². The molecule has 0 spiro atoms. The summed E-state index contributed by atoms with van der Waals surface area (Å²) in [7, 11) is 0. The zero-order valence-electron chi connectivity index (χ0n) is 20.0. The van der Waals surface area contributed by atoms with Crippen LogP contribution in [0.4, 0.5) is 4.39 Å². The predicted molar refractivity (Wildman–Crippen MR) is 134 cm³/mol. The second kappa shape index (κ2) is 11.3. The van der Waals surface area contributed by atoms with Gasteiger partial charge in [0.25, 0.3) is 11.2 Å². The molecule has 0 bridgehead atoms. The van der Waals surface area contributed by atoms with Crippen LogP contribution in [0.15, 0.2) is 64.2 Å². The number of aliphatic hydroxyl groups excluding tert-OH is 1. The molecule has 37 heavy (non-hydrogen) atoms. The van der Waals surface area contributed by atoms with E-state index in [-0.39, 0.29) is 6.10 Å². The molecule has 5 atom stereocenters. The Labute approximate surface area is 216 Å². The van der Waals surface area contributed by atoms with E-state index in [0.717, 1.165) is 18.5 Å². The number of carbonyl (C=O) groups excluding carboxylic acids is 1. The van der Waals surface area contributed by atoms with Gasteiger partial charge in [0.15, 0.2) is 11.9 Å². The minimum Gasteiger partial charge on any atom is -0.463 e. The average molecular weight is 554 g/mol. The molecule has 198 valence electrons. The third-order valence-corrected chi connectivity index (χ3v) is 7.27. The summed E-state index contributed by atoms with van der Waals surface area (Å²) in [6.07, 6.45) is 2.81. The lowest BCUT2D eigenvalue weighted by Gasteiger charge is -2.25. The van der Waals surface area contributed by atoms with Gasteiger partial charge in [0.2, 0.25) is 6.23 Å². The van der Waals surface area contributed by atoms with Gasteiger partial charge in [-0.05, 0) is 32.9 Å². The molecule has 1 aromatic heterocycles. The van der Waals surface area contributed by atoms with Crippen LogP contribution in [0, 0.1) is 12.3 Å². The monoisotopic (exact) mass is 553 g/mol. The van der Waals surface area contributed by atoms with Crippen molar-refractivity contribution in [1.29, 1.82) is 0 Å².